The fraction of sp³-hybridized carbons (Fsp3) is 0.786. The number of rotatable bonds is 9. The van der Waals surface area contributed by atoms with Crippen LogP contribution in [0.1, 0.15) is 36.4 Å². The minimum Gasteiger partial charge on any atom is -0.383 e. The summed E-state index contributed by atoms with van der Waals surface area (Å²) >= 11 is 1.79. The number of ether oxygens (including phenoxy) is 1. The van der Waals surface area contributed by atoms with Crippen molar-refractivity contribution in [3.8, 4) is 0 Å². The summed E-state index contributed by atoms with van der Waals surface area (Å²) < 4.78 is 5.20. The van der Waals surface area contributed by atoms with Gasteiger partial charge in [0, 0.05) is 44.2 Å². The average molecular weight is 281 g/mol. The van der Waals surface area contributed by atoms with Gasteiger partial charge in [-0.1, -0.05) is 0 Å². The summed E-state index contributed by atoms with van der Waals surface area (Å²) in [5, 5.41) is 6.96. The van der Waals surface area contributed by atoms with Gasteiger partial charge in [-0.05, 0) is 25.7 Å². The Balaban J connectivity index is 1.49. The molecule has 4 nitrogen and oxygen atoms in total. The minimum absolute atomic E-state index is 0.761. The third-order valence-electron chi connectivity index (χ3n) is 3.73. The maximum atomic E-state index is 5.20. The van der Waals surface area contributed by atoms with Crippen molar-refractivity contribution < 1.29 is 4.74 Å². The van der Waals surface area contributed by atoms with Crippen LogP contribution in [0.4, 0.5) is 0 Å². The summed E-state index contributed by atoms with van der Waals surface area (Å²) in [4.78, 5) is 7.25. The summed E-state index contributed by atoms with van der Waals surface area (Å²) in [5.41, 5.74) is 1.22. The zero-order chi connectivity index (χ0) is 13.1. The maximum absolute atomic E-state index is 5.20. The van der Waals surface area contributed by atoms with Gasteiger partial charge in [0.25, 0.3) is 0 Å². The SMILES string of the molecule is COCCN(Cc1csc(CNC2CC2)n1)C1CC1. The third-order valence-corrected chi connectivity index (χ3v) is 4.63. The molecule has 0 spiro atoms. The topological polar surface area (TPSA) is 37.4 Å². The number of hydrogen-bond donors (Lipinski definition) is 1. The Morgan fingerprint density at radius 2 is 2.26 bits per heavy atom. The molecule has 2 fully saturated rings. The molecular weight excluding hydrogens is 258 g/mol. The number of thiazole rings is 1. The van der Waals surface area contributed by atoms with Crippen LogP contribution < -0.4 is 5.32 Å². The van der Waals surface area contributed by atoms with Crippen molar-refractivity contribution in [1.82, 2.24) is 15.2 Å². The molecule has 1 heterocycles. The second kappa shape index (κ2) is 6.31. The predicted molar refractivity (Wildman–Crippen MR) is 77.3 cm³/mol. The largest absolute Gasteiger partial charge is 0.383 e. The van der Waals surface area contributed by atoms with E-state index < -0.39 is 0 Å². The molecule has 2 saturated carbocycles. The number of nitrogens with one attached hydrogen (secondary N) is 1. The van der Waals surface area contributed by atoms with Gasteiger partial charge in [0.2, 0.25) is 0 Å². The fourth-order valence-electron chi connectivity index (χ4n) is 2.27. The van der Waals surface area contributed by atoms with Crippen LogP contribution in [-0.2, 0) is 17.8 Å². The number of aromatic nitrogens is 1. The normalized spacial score (nSPS) is 19.3. The summed E-state index contributed by atoms with van der Waals surface area (Å²) in [6.45, 7) is 3.76. The van der Waals surface area contributed by atoms with Crippen molar-refractivity contribution in [2.75, 3.05) is 20.3 Å². The zero-order valence-electron chi connectivity index (χ0n) is 11.6. The smallest absolute Gasteiger partial charge is 0.107 e. The molecule has 0 aromatic carbocycles. The van der Waals surface area contributed by atoms with Gasteiger partial charge >= 0.3 is 0 Å². The third kappa shape index (κ3) is 4.24. The second-order valence-electron chi connectivity index (χ2n) is 5.58. The van der Waals surface area contributed by atoms with Crippen LogP contribution in [-0.4, -0.2) is 42.2 Å². The first-order valence-electron chi connectivity index (χ1n) is 7.25. The van der Waals surface area contributed by atoms with Gasteiger partial charge in [-0.3, -0.25) is 4.90 Å². The number of methoxy groups -OCH3 is 1. The highest BCUT2D eigenvalue weighted by Gasteiger charge is 2.29. The lowest BCUT2D eigenvalue weighted by Gasteiger charge is -2.20. The van der Waals surface area contributed by atoms with Crippen LogP contribution in [0, 0.1) is 0 Å². The maximum Gasteiger partial charge on any atom is 0.107 e. The summed E-state index contributed by atoms with van der Waals surface area (Å²) in [6.07, 6.45) is 5.35. The Labute approximate surface area is 119 Å². The minimum atomic E-state index is 0.761. The van der Waals surface area contributed by atoms with E-state index >= 15 is 0 Å². The lowest BCUT2D eigenvalue weighted by molar-refractivity contribution is 0.139. The Kier molecular flexibility index (Phi) is 4.48. The molecule has 1 N–H and O–H groups in total. The first-order chi connectivity index (χ1) is 9.35. The number of hydrogen-bond acceptors (Lipinski definition) is 5. The molecule has 1 aromatic rings. The first kappa shape index (κ1) is 13.5. The van der Waals surface area contributed by atoms with Crippen LogP contribution in [0.5, 0.6) is 0 Å². The predicted octanol–water partition coefficient (Wildman–Crippen LogP) is 2.01. The molecule has 0 atom stereocenters. The lowest BCUT2D eigenvalue weighted by Crippen LogP contribution is -2.29. The van der Waals surface area contributed by atoms with E-state index in [4.69, 9.17) is 9.72 Å². The van der Waals surface area contributed by atoms with E-state index in [0.717, 1.165) is 38.3 Å². The molecule has 5 heteroatoms. The molecule has 0 saturated heterocycles. The molecular formula is C14H23N3OS. The molecule has 2 aliphatic carbocycles. The van der Waals surface area contributed by atoms with E-state index in [2.05, 4.69) is 15.6 Å². The van der Waals surface area contributed by atoms with E-state index in [-0.39, 0.29) is 0 Å². The molecule has 3 rings (SSSR count). The summed E-state index contributed by atoms with van der Waals surface area (Å²) in [6, 6.07) is 1.53. The van der Waals surface area contributed by atoms with Crippen molar-refractivity contribution in [2.45, 2.75) is 50.9 Å². The Hall–Kier alpha value is -0.490. The zero-order valence-corrected chi connectivity index (χ0v) is 12.4. The van der Waals surface area contributed by atoms with Crippen molar-refractivity contribution in [3.63, 3.8) is 0 Å². The van der Waals surface area contributed by atoms with Gasteiger partial charge in [-0.25, -0.2) is 4.98 Å². The van der Waals surface area contributed by atoms with Crippen molar-refractivity contribution >= 4 is 11.3 Å². The van der Waals surface area contributed by atoms with Crippen LogP contribution in [0.15, 0.2) is 5.38 Å². The standard InChI is InChI=1S/C14H23N3OS/c1-18-7-6-17(13-4-5-13)9-12-10-19-14(16-12)8-15-11-2-3-11/h10-11,13,15H,2-9H2,1H3. The average Bonchev–Trinajstić information content (AvgIpc) is 3.32. The highest BCUT2D eigenvalue weighted by Crippen LogP contribution is 2.28. The summed E-state index contributed by atoms with van der Waals surface area (Å²) in [7, 11) is 1.77. The summed E-state index contributed by atoms with van der Waals surface area (Å²) in [5.74, 6) is 0. The fourth-order valence-corrected chi connectivity index (χ4v) is 3.00. The van der Waals surface area contributed by atoms with Crippen molar-refractivity contribution in [1.29, 1.82) is 0 Å². The lowest BCUT2D eigenvalue weighted by atomic mass is 10.4. The van der Waals surface area contributed by atoms with E-state index in [0.29, 0.717) is 0 Å². The molecule has 0 aliphatic heterocycles. The van der Waals surface area contributed by atoms with Crippen LogP contribution in [0.3, 0.4) is 0 Å². The van der Waals surface area contributed by atoms with E-state index in [9.17, 15) is 0 Å². The quantitative estimate of drug-likeness (QED) is 0.751. The molecule has 0 amide bonds. The molecule has 19 heavy (non-hydrogen) atoms. The number of nitrogens with zero attached hydrogens (tertiary/aromatic N) is 2. The van der Waals surface area contributed by atoms with Gasteiger partial charge in [0.05, 0.1) is 12.3 Å². The Morgan fingerprint density at radius 3 is 2.95 bits per heavy atom. The van der Waals surface area contributed by atoms with E-state index in [1.54, 1.807) is 18.4 Å². The van der Waals surface area contributed by atoms with Crippen LogP contribution in [0.2, 0.25) is 0 Å². The monoisotopic (exact) mass is 281 g/mol. The molecule has 0 radical (unpaired) electrons. The second-order valence-corrected chi connectivity index (χ2v) is 6.52. The van der Waals surface area contributed by atoms with E-state index in [1.807, 2.05) is 0 Å². The van der Waals surface area contributed by atoms with E-state index in [1.165, 1.54) is 36.4 Å². The van der Waals surface area contributed by atoms with Gasteiger partial charge < -0.3 is 10.1 Å². The van der Waals surface area contributed by atoms with Gasteiger partial charge in [0.1, 0.15) is 5.01 Å². The van der Waals surface area contributed by atoms with Crippen LogP contribution in [0.25, 0.3) is 0 Å². The van der Waals surface area contributed by atoms with Crippen molar-refractivity contribution in [3.05, 3.63) is 16.1 Å². The molecule has 2 aliphatic rings. The van der Waals surface area contributed by atoms with Crippen LogP contribution >= 0.6 is 11.3 Å². The highest BCUT2D eigenvalue weighted by atomic mass is 32.1. The molecule has 0 unspecified atom stereocenters. The van der Waals surface area contributed by atoms with Crippen molar-refractivity contribution in [2.24, 2.45) is 0 Å². The molecule has 106 valence electrons. The molecule has 1 aromatic heterocycles. The first-order valence-corrected chi connectivity index (χ1v) is 8.13. The van der Waals surface area contributed by atoms with Gasteiger partial charge in [0.15, 0.2) is 0 Å². The Morgan fingerprint density at radius 1 is 1.42 bits per heavy atom. The Bertz CT molecular complexity index is 401. The highest BCUT2D eigenvalue weighted by molar-refractivity contribution is 7.09. The van der Waals surface area contributed by atoms with Gasteiger partial charge in [-0.2, -0.15) is 0 Å². The van der Waals surface area contributed by atoms with Gasteiger partial charge in [-0.15, -0.1) is 11.3 Å². The molecule has 0 bridgehead atoms.